The van der Waals surface area contributed by atoms with Crippen molar-refractivity contribution in [1.82, 2.24) is 0 Å². The molecule has 334 valence electrons. The molecule has 0 amide bonds. The maximum Gasteiger partial charge on any atom is 0 e. The molecule has 0 spiro atoms. The van der Waals surface area contributed by atoms with E-state index < -0.39 is 0 Å². The summed E-state index contributed by atoms with van der Waals surface area (Å²) >= 11 is 0. The zero-order chi connectivity index (χ0) is 37.6. The SMILES string of the molecule is CC.CC.CC.CC.CC.CC.CC.CC.CC(C)C(C(C)C)(C(C)C)C(C)C.CCC.CCC.CCC.CCC.[CH3-].[CH3-].[CH3-].[CH3-].[Y].[Y].[Y].[Y].[Y].[Y].[Y].[Y].[Y].[Y]. The molecule has 0 unspecified atom stereocenters. The van der Waals surface area contributed by atoms with E-state index in [1.54, 1.807) is 0 Å². The van der Waals surface area contributed by atoms with Crippen LogP contribution in [0, 0.1) is 58.8 Å². The smallest absolute Gasteiger partial charge is 0 e. The van der Waals surface area contributed by atoms with Crippen molar-refractivity contribution >= 4 is 0 Å². The molecule has 0 aromatic heterocycles. The van der Waals surface area contributed by atoms with Gasteiger partial charge >= 0.3 is 0 Å². The van der Waals surface area contributed by atoms with Crippen LogP contribution in [0.25, 0.3) is 0 Å². The minimum absolute atomic E-state index is 0. The van der Waals surface area contributed by atoms with Crippen LogP contribution < -0.4 is 0 Å². The summed E-state index contributed by atoms with van der Waals surface area (Å²) in [5, 5.41) is 0. The Hall–Kier alpha value is 11.0. The van der Waals surface area contributed by atoms with Crippen molar-refractivity contribution in [3.63, 3.8) is 0 Å². The fraction of sp³-hybridized carbons (Fsp3) is 0.911. The Morgan fingerprint density at radius 1 is 0.218 bits per heavy atom. The second-order valence-corrected chi connectivity index (χ2v) is 8.45. The molecule has 0 aliphatic rings. The maximum absolute atomic E-state index is 2.38. The predicted octanol–water partition coefficient (Wildman–Crippen LogP) is 20.2. The third-order valence-electron chi connectivity index (χ3n) is 4.00. The maximum atomic E-state index is 2.38. The molecule has 0 aliphatic carbocycles. The van der Waals surface area contributed by atoms with E-state index in [0.717, 1.165) is 23.7 Å². The first-order valence-corrected chi connectivity index (χ1v) is 19.4. The molecule has 0 N–H and O–H groups in total. The average Bonchev–Trinajstić information content (AvgIpc) is 2.99. The number of rotatable bonds is 4. The van der Waals surface area contributed by atoms with E-state index in [1.807, 2.05) is 111 Å². The Balaban J connectivity index is -0.00000000661. The first-order chi connectivity index (χ1) is 19.4. The van der Waals surface area contributed by atoms with E-state index in [1.165, 1.54) is 25.7 Å². The minimum atomic E-state index is 0. The molecule has 0 fully saturated rings. The first-order valence-electron chi connectivity index (χ1n) is 19.4. The Bertz CT molecular complexity index is 178. The van der Waals surface area contributed by atoms with Crippen LogP contribution in [-0.4, -0.2) is 0 Å². The summed E-state index contributed by atoms with van der Waals surface area (Å²) < 4.78 is 0. The van der Waals surface area contributed by atoms with Crippen LogP contribution in [0.5, 0.6) is 0 Å². The van der Waals surface area contributed by atoms with E-state index >= 15 is 0 Å². The fourth-order valence-corrected chi connectivity index (χ4v) is 4.00. The first kappa shape index (κ1) is 183. The Kier molecular flexibility index (Phi) is 814. The third kappa shape index (κ3) is 211. The standard InChI is InChI=1S/C13H28.4C3H8.8C2H6.4CH3.10Y/c1-9(2)13(10(3)4,11(5)6)12(7)8;4*1-3-2;8*1-2;;;;;;;;;;;;;;/h9-12H,1-8H3;4*3H2,1-2H3;8*1-2H3;4*1H3;;;;;;;;;;/q;;;;;;;;;;;;;4*-1;;;;;;;;;;. The van der Waals surface area contributed by atoms with Gasteiger partial charge in [0.2, 0.25) is 0 Å². The molecule has 0 aliphatic heterocycles. The van der Waals surface area contributed by atoms with Crippen LogP contribution in [-0.2, 0) is 327 Å². The average molecular weight is 1550 g/mol. The topological polar surface area (TPSA) is 0 Å². The van der Waals surface area contributed by atoms with E-state index in [-0.39, 0.29) is 357 Å². The van der Waals surface area contributed by atoms with Crippen molar-refractivity contribution in [2.45, 2.75) is 247 Å². The zero-order valence-corrected chi connectivity index (χ0v) is 75.8. The van der Waals surface area contributed by atoms with Crippen LogP contribution in [0.3, 0.4) is 0 Å². The molecule has 10 heteroatoms. The van der Waals surface area contributed by atoms with Crippen molar-refractivity contribution in [3.05, 3.63) is 29.7 Å². The van der Waals surface area contributed by atoms with Gasteiger partial charge in [-0.3, -0.25) is 0 Å². The summed E-state index contributed by atoms with van der Waals surface area (Å²) in [6.07, 6.45) is 5.00. The van der Waals surface area contributed by atoms with Gasteiger partial charge in [-0.2, -0.15) is 0 Å². The van der Waals surface area contributed by atoms with Crippen molar-refractivity contribution in [1.29, 1.82) is 0 Å². The van der Waals surface area contributed by atoms with Crippen molar-refractivity contribution < 1.29 is 327 Å². The molecule has 0 atom stereocenters. The summed E-state index contributed by atoms with van der Waals surface area (Å²) in [6, 6.07) is 0. The van der Waals surface area contributed by atoms with Gasteiger partial charge in [-0.25, -0.2) is 0 Å². The van der Waals surface area contributed by atoms with Gasteiger partial charge in [-0.05, 0) is 29.1 Å². The minimum Gasteiger partial charge on any atom is -0.358 e. The third-order valence-corrected chi connectivity index (χ3v) is 4.00. The van der Waals surface area contributed by atoms with E-state index in [4.69, 9.17) is 0 Å². The largest absolute Gasteiger partial charge is 0.358 e. The molecule has 0 aromatic carbocycles. The van der Waals surface area contributed by atoms with Gasteiger partial charge in [0.1, 0.15) is 0 Å². The summed E-state index contributed by atoms with van der Waals surface area (Å²) in [7, 11) is 0. The van der Waals surface area contributed by atoms with Gasteiger partial charge in [0.25, 0.3) is 0 Å². The Labute approximate surface area is 619 Å². The monoisotopic (exact) mass is 1550 g/mol. The fourth-order valence-electron chi connectivity index (χ4n) is 4.00. The van der Waals surface area contributed by atoms with Gasteiger partial charge < -0.3 is 29.7 Å². The van der Waals surface area contributed by atoms with Gasteiger partial charge in [0, 0.05) is 327 Å². The van der Waals surface area contributed by atoms with Gasteiger partial charge in [-0.1, -0.05) is 247 Å². The van der Waals surface area contributed by atoms with E-state index in [9.17, 15) is 0 Å². The van der Waals surface area contributed by atoms with Crippen molar-refractivity contribution in [3.8, 4) is 0 Å². The molecular weight excluding hydrogens is 1430 g/mol. The molecule has 0 saturated heterocycles. The molecule has 10 radical (unpaired) electrons. The Morgan fingerprint density at radius 3 is 0.255 bits per heavy atom. The van der Waals surface area contributed by atoms with E-state index in [0.29, 0.717) is 5.41 Å². The van der Waals surface area contributed by atoms with Gasteiger partial charge in [0.05, 0.1) is 0 Å². The summed E-state index contributed by atoms with van der Waals surface area (Å²) in [6.45, 7) is 68.0. The van der Waals surface area contributed by atoms with Crippen LogP contribution in [0.15, 0.2) is 0 Å². The summed E-state index contributed by atoms with van der Waals surface area (Å²) in [5.74, 6) is 3.08. The Morgan fingerprint density at radius 2 is 0.255 bits per heavy atom. The molecule has 55 heavy (non-hydrogen) atoms. The molecular formula is C45H120Y10-4. The second kappa shape index (κ2) is 244. The quantitative estimate of drug-likeness (QED) is 0.246. The molecule has 0 nitrogen and oxygen atoms in total. The number of hydrogen-bond donors (Lipinski definition) is 0. The van der Waals surface area contributed by atoms with Crippen molar-refractivity contribution in [2.24, 2.45) is 29.1 Å². The van der Waals surface area contributed by atoms with Crippen LogP contribution in [0.2, 0.25) is 0 Å². The summed E-state index contributed by atoms with van der Waals surface area (Å²) in [4.78, 5) is 0. The van der Waals surface area contributed by atoms with Crippen LogP contribution >= 0.6 is 0 Å². The van der Waals surface area contributed by atoms with Gasteiger partial charge in [0.15, 0.2) is 0 Å². The second-order valence-electron chi connectivity index (χ2n) is 8.45. The number of hydrogen-bond acceptors (Lipinski definition) is 0. The normalized spacial score (nSPS) is 5.45. The zero-order valence-electron chi connectivity index (χ0n) is 47.4. The molecule has 0 bridgehead atoms. The van der Waals surface area contributed by atoms with E-state index in [2.05, 4.69) is 111 Å². The van der Waals surface area contributed by atoms with Gasteiger partial charge in [-0.15, -0.1) is 0 Å². The predicted molar refractivity (Wildman–Crippen MR) is 242 cm³/mol. The molecule has 0 heterocycles. The molecule has 0 aromatic rings. The summed E-state index contributed by atoms with van der Waals surface area (Å²) in [5.41, 5.74) is 0.500. The van der Waals surface area contributed by atoms with Crippen molar-refractivity contribution in [2.75, 3.05) is 0 Å². The van der Waals surface area contributed by atoms with Crippen LogP contribution in [0.4, 0.5) is 0 Å². The molecule has 0 saturated carbocycles. The van der Waals surface area contributed by atoms with Crippen LogP contribution in [0.1, 0.15) is 247 Å². The molecule has 0 rings (SSSR count).